The molecule has 1 aromatic heterocycles. The Labute approximate surface area is 274 Å². The lowest BCUT2D eigenvalue weighted by atomic mass is 9.83. The summed E-state index contributed by atoms with van der Waals surface area (Å²) in [6.45, 7) is 0. The number of furan rings is 1. The van der Waals surface area contributed by atoms with Gasteiger partial charge in [-0.1, -0.05) is 145 Å². The van der Waals surface area contributed by atoms with E-state index in [1.807, 2.05) is 0 Å². The van der Waals surface area contributed by atoms with Gasteiger partial charge >= 0.3 is 0 Å². The molecule has 0 N–H and O–H groups in total. The van der Waals surface area contributed by atoms with Gasteiger partial charge in [-0.3, -0.25) is 0 Å². The van der Waals surface area contributed by atoms with E-state index in [0.29, 0.717) is 21.5 Å². The molecular formula is C42H26O. The molecule has 0 bridgehead atoms. The first kappa shape index (κ1) is 12.3. The predicted octanol–water partition coefficient (Wildman–Crippen LogP) is 12.0. The van der Waals surface area contributed by atoms with Crippen molar-refractivity contribution in [1.29, 1.82) is 0 Å². The Kier molecular flexibility index (Phi) is 2.70. The van der Waals surface area contributed by atoms with Crippen molar-refractivity contribution in [3.8, 4) is 33.4 Å². The van der Waals surface area contributed by atoms with Gasteiger partial charge in [0.25, 0.3) is 0 Å². The van der Waals surface area contributed by atoms with Crippen LogP contribution < -0.4 is 0 Å². The number of hydrogen-bond donors (Lipinski definition) is 0. The number of rotatable bonds is 3. The highest BCUT2D eigenvalue weighted by atomic mass is 16.3. The molecule has 1 heterocycles. The second kappa shape index (κ2) is 9.44. The molecule has 0 fully saturated rings. The first-order valence-corrected chi connectivity index (χ1v) is 13.3. The summed E-state index contributed by atoms with van der Waals surface area (Å²) < 4.78 is 165. The van der Waals surface area contributed by atoms with E-state index >= 15 is 0 Å². The van der Waals surface area contributed by atoms with E-state index in [4.69, 9.17) is 23.6 Å². The molecule has 200 valence electrons. The Bertz CT molecular complexity index is 3430. The van der Waals surface area contributed by atoms with Crippen molar-refractivity contribution in [3.05, 3.63) is 157 Å². The molecule has 0 aliphatic heterocycles. The van der Waals surface area contributed by atoms with Crippen molar-refractivity contribution >= 4 is 54.3 Å². The Hall–Kier alpha value is -5.66. The molecule has 9 rings (SSSR count). The smallest absolute Gasteiger partial charge is 0.136 e. The van der Waals surface area contributed by atoms with E-state index in [2.05, 4.69) is 0 Å². The maximum absolute atomic E-state index is 9.65. The van der Waals surface area contributed by atoms with Crippen LogP contribution in [0.5, 0.6) is 0 Å². The normalized spacial score (nSPS) is 17.6. The minimum atomic E-state index is -0.745. The highest BCUT2D eigenvalue weighted by Crippen LogP contribution is 2.48. The molecule has 0 radical (unpaired) electrons. The summed E-state index contributed by atoms with van der Waals surface area (Å²) in [5.41, 5.74) is -1.11. The maximum atomic E-state index is 9.65. The maximum Gasteiger partial charge on any atom is 0.136 e. The summed E-state index contributed by atoms with van der Waals surface area (Å²) in [5.74, 6) is 0. The molecule has 0 spiro atoms. The quantitative estimate of drug-likeness (QED) is 0.195. The van der Waals surface area contributed by atoms with Crippen LogP contribution in [-0.4, -0.2) is 0 Å². The van der Waals surface area contributed by atoms with Gasteiger partial charge in [0.15, 0.2) is 0 Å². The average Bonchev–Trinajstić information content (AvgIpc) is 3.66. The molecule has 1 nitrogen and oxygen atoms in total. The SMILES string of the molecule is [2H]c1c([2H])c([2H])c(-c2c([2H])c([2H])c(-c3c4ccccc4c(-c4c([2H])c([2H])c([2H])c5oc6c([2H])c([2H])c([2H])c([2H])c6c45)c4ccccc34)c3c([2H])c([2H])c([2H])c([2H])c23)c([2H])c1[2H]. The first-order valence-electron chi connectivity index (χ1n) is 22.3. The lowest BCUT2D eigenvalue weighted by Crippen LogP contribution is -1.92. The highest BCUT2D eigenvalue weighted by molar-refractivity contribution is 6.27. The Morgan fingerprint density at radius 3 is 1.56 bits per heavy atom. The third-order valence-corrected chi connectivity index (χ3v) is 7.63. The van der Waals surface area contributed by atoms with E-state index in [1.165, 1.54) is 0 Å². The Morgan fingerprint density at radius 1 is 0.372 bits per heavy atom. The monoisotopic (exact) mass is 564 g/mol. The lowest BCUT2D eigenvalue weighted by molar-refractivity contribution is 0.669. The van der Waals surface area contributed by atoms with Gasteiger partial charge in [-0.15, -0.1) is 0 Å². The average molecular weight is 565 g/mol. The minimum Gasteiger partial charge on any atom is -0.456 e. The molecule has 0 unspecified atom stereocenters. The number of hydrogen-bond acceptors (Lipinski definition) is 1. The molecule has 8 aromatic carbocycles. The van der Waals surface area contributed by atoms with Gasteiger partial charge in [0.2, 0.25) is 0 Å². The van der Waals surface area contributed by atoms with Gasteiger partial charge in [-0.25, -0.2) is 0 Å². The molecule has 0 saturated carbocycles. The van der Waals surface area contributed by atoms with Crippen LogP contribution in [0.2, 0.25) is 0 Å². The first-order chi connectivity index (χ1) is 28.8. The second-order valence-electron chi connectivity index (χ2n) is 9.85. The fraction of sp³-hybridized carbons (Fsp3) is 0. The Balaban J connectivity index is 1.54. The van der Waals surface area contributed by atoms with Crippen molar-refractivity contribution in [2.75, 3.05) is 0 Å². The summed E-state index contributed by atoms with van der Waals surface area (Å²) in [7, 11) is 0. The van der Waals surface area contributed by atoms with Gasteiger partial charge in [0.1, 0.15) is 11.2 Å². The van der Waals surface area contributed by atoms with Gasteiger partial charge in [0.05, 0.1) is 24.7 Å². The number of para-hydroxylation sites is 1. The third kappa shape index (κ3) is 3.58. The summed E-state index contributed by atoms with van der Waals surface area (Å²) in [6, 6.07) is 2.02. The fourth-order valence-corrected chi connectivity index (χ4v) is 5.90. The van der Waals surface area contributed by atoms with E-state index in [-0.39, 0.29) is 55.0 Å². The molecule has 0 saturated heterocycles. The summed E-state index contributed by atoms with van der Waals surface area (Å²) >= 11 is 0. The van der Waals surface area contributed by atoms with Crippen LogP contribution in [0.25, 0.3) is 87.6 Å². The van der Waals surface area contributed by atoms with Crippen molar-refractivity contribution in [3.63, 3.8) is 0 Å². The third-order valence-electron chi connectivity index (χ3n) is 7.63. The van der Waals surface area contributed by atoms with E-state index in [0.717, 1.165) is 0 Å². The standard InChI is InChI=1S/C42H26O/c1-2-13-27(14-3-1)28-25-26-35(30-16-5-4-15-29(28)30)40-31-17-6-8-19-33(31)41(34-20-9-7-18-32(34)40)37-22-12-24-39-42(37)36-21-10-11-23-38(36)43-39/h1-26H/i1D,2D,3D,4D,5D,10D,11D,12D,13D,14D,15D,16D,21D,22D,23D,24D,25D,26D. The predicted molar refractivity (Wildman–Crippen MR) is 183 cm³/mol. The van der Waals surface area contributed by atoms with E-state index in [9.17, 15) is 5.48 Å². The van der Waals surface area contributed by atoms with Crippen molar-refractivity contribution in [2.24, 2.45) is 0 Å². The van der Waals surface area contributed by atoms with Crippen LogP contribution >= 0.6 is 0 Å². The largest absolute Gasteiger partial charge is 0.456 e. The highest BCUT2D eigenvalue weighted by Gasteiger charge is 2.21. The molecule has 9 aromatic rings. The minimum absolute atomic E-state index is 0.00628. The fourth-order valence-electron chi connectivity index (χ4n) is 5.90. The van der Waals surface area contributed by atoms with Crippen LogP contribution in [0.15, 0.2) is 162 Å². The molecule has 43 heavy (non-hydrogen) atoms. The number of fused-ring (bicyclic) bond motifs is 6. The summed E-state index contributed by atoms with van der Waals surface area (Å²) in [4.78, 5) is 0. The van der Waals surface area contributed by atoms with Crippen LogP contribution in [0.3, 0.4) is 0 Å². The van der Waals surface area contributed by atoms with Crippen LogP contribution in [-0.2, 0) is 0 Å². The molecule has 0 atom stereocenters. The zero-order valence-electron chi connectivity index (χ0n) is 40.0. The lowest BCUT2D eigenvalue weighted by Gasteiger charge is -2.20. The van der Waals surface area contributed by atoms with E-state index < -0.39 is 120 Å². The molecular weight excluding hydrogens is 520 g/mol. The number of benzene rings is 8. The molecule has 0 aliphatic rings. The van der Waals surface area contributed by atoms with Crippen molar-refractivity contribution in [2.45, 2.75) is 0 Å². The van der Waals surface area contributed by atoms with E-state index in [1.54, 1.807) is 48.5 Å². The molecule has 0 aliphatic carbocycles. The topological polar surface area (TPSA) is 13.1 Å². The van der Waals surface area contributed by atoms with Crippen LogP contribution in [0.4, 0.5) is 0 Å². The summed E-state index contributed by atoms with van der Waals surface area (Å²) in [5, 5.41) is 0.650. The Morgan fingerprint density at radius 2 is 0.884 bits per heavy atom. The second-order valence-corrected chi connectivity index (χ2v) is 9.85. The van der Waals surface area contributed by atoms with Gasteiger partial charge in [-0.2, -0.15) is 0 Å². The van der Waals surface area contributed by atoms with Crippen LogP contribution in [0, 0.1) is 0 Å². The molecule has 1 heteroatoms. The zero-order valence-corrected chi connectivity index (χ0v) is 22.0. The van der Waals surface area contributed by atoms with Crippen molar-refractivity contribution < 1.29 is 29.1 Å². The van der Waals surface area contributed by atoms with Crippen LogP contribution in [0.1, 0.15) is 24.7 Å². The molecule has 0 amide bonds. The zero-order chi connectivity index (χ0) is 44.0. The van der Waals surface area contributed by atoms with Crippen molar-refractivity contribution in [1.82, 2.24) is 0 Å². The van der Waals surface area contributed by atoms with Gasteiger partial charge in [0, 0.05) is 10.8 Å². The van der Waals surface area contributed by atoms with Gasteiger partial charge in [-0.05, 0) is 77.8 Å². The van der Waals surface area contributed by atoms with Gasteiger partial charge < -0.3 is 4.42 Å². The summed E-state index contributed by atoms with van der Waals surface area (Å²) in [6.07, 6.45) is 0.